The van der Waals surface area contributed by atoms with Crippen LogP contribution in [0.5, 0.6) is 0 Å². The van der Waals surface area contributed by atoms with Gasteiger partial charge < -0.3 is 5.73 Å². The summed E-state index contributed by atoms with van der Waals surface area (Å²) in [5.74, 6) is 0. The van der Waals surface area contributed by atoms with Crippen molar-refractivity contribution in [1.82, 2.24) is 25.0 Å². The van der Waals surface area contributed by atoms with Crippen molar-refractivity contribution in [1.29, 1.82) is 5.26 Å². The second-order valence-corrected chi connectivity index (χ2v) is 7.67. The minimum atomic E-state index is -0.287. The third kappa shape index (κ3) is 2.95. The van der Waals surface area contributed by atoms with Crippen molar-refractivity contribution >= 4 is 33.3 Å². The van der Waals surface area contributed by atoms with Crippen molar-refractivity contribution in [3.8, 4) is 28.5 Å². The van der Waals surface area contributed by atoms with E-state index in [9.17, 15) is 10.1 Å². The maximum absolute atomic E-state index is 12.2. The van der Waals surface area contributed by atoms with E-state index in [-0.39, 0.29) is 12.1 Å². The number of aromatic nitrogens is 5. The predicted molar refractivity (Wildman–Crippen MR) is 123 cm³/mol. The third-order valence-electron chi connectivity index (χ3n) is 5.50. The number of pyridine rings is 1. The number of hydrogen-bond acceptors (Lipinski definition) is 6. The zero-order valence-corrected chi connectivity index (χ0v) is 17.7. The predicted octanol–water partition coefficient (Wildman–Crippen LogP) is 3.52. The first kappa shape index (κ1) is 19.9. The summed E-state index contributed by atoms with van der Waals surface area (Å²) in [6.45, 7) is 0.178. The van der Waals surface area contributed by atoms with Crippen LogP contribution in [0.2, 0.25) is 5.02 Å². The Hall–Kier alpha value is -4.06. The van der Waals surface area contributed by atoms with Crippen LogP contribution in [0.15, 0.2) is 53.6 Å². The summed E-state index contributed by atoms with van der Waals surface area (Å²) in [6, 6.07) is 13.1. The van der Waals surface area contributed by atoms with E-state index in [1.807, 2.05) is 18.2 Å². The second-order valence-electron chi connectivity index (χ2n) is 7.29. The molecule has 156 valence electrons. The fourth-order valence-electron chi connectivity index (χ4n) is 3.99. The number of fused-ring (bicyclic) bond motifs is 2. The minimum Gasteiger partial charge on any atom is -0.325 e. The minimum absolute atomic E-state index is 0.178. The molecule has 32 heavy (non-hydrogen) atoms. The van der Waals surface area contributed by atoms with E-state index < -0.39 is 0 Å². The first-order valence-electron chi connectivity index (χ1n) is 9.75. The van der Waals surface area contributed by atoms with Crippen LogP contribution in [0, 0.1) is 11.3 Å². The van der Waals surface area contributed by atoms with Crippen LogP contribution in [-0.4, -0.2) is 25.0 Å². The van der Waals surface area contributed by atoms with Gasteiger partial charge in [-0.2, -0.15) is 15.5 Å². The number of rotatable bonds is 3. The summed E-state index contributed by atoms with van der Waals surface area (Å²) < 4.78 is 1.68. The average Bonchev–Trinajstić information content (AvgIpc) is 3.20. The van der Waals surface area contributed by atoms with Gasteiger partial charge in [0.2, 0.25) is 0 Å². The number of nitrogens with two attached hydrogens (primary N) is 1. The summed E-state index contributed by atoms with van der Waals surface area (Å²) >= 11 is 6.79. The molecule has 0 aliphatic rings. The average molecular weight is 442 g/mol. The molecule has 0 atom stereocenters. The lowest BCUT2D eigenvalue weighted by Crippen LogP contribution is -2.13. The lowest BCUT2D eigenvalue weighted by molar-refractivity contribution is 0.776. The molecule has 0 amide bonds. The molecule has 0 aliphatic carbocycles. The Labute approximate surface area is 186 Å². The highest BCUT2D eigenvalue weighted by Gasteiger charge is 2.22. The number of aryl methyl sites for hydroxylation is 1. The highest BCUT2D eigenvalue weighted by molar-refractivity contribution is 6.38. The normalized spacial score (nSPS) is 11.2. The molecule has 3 aromatic heterocycles. The lowest BCUT2D eigenvalue weighted by atomic mass is 9.95. The first-order valence-corrected chi connectivity index (χ1v) is 10.1. The molecular formula is C23H16ClN7O. The first-order chi connectivity index (χ1) is 15.5. The smallest absolute Gasteiger partial charge is 0.272 e. The van der Waals surface area contributed by atoms with Crippen LogP contribution in [0.4, 0.5) is 0 Å². The van der Waals surface area contributed by atoms with Gasteiger partial charge in [0.25, 0.3) is 5.56 Å². The molecule has 0 saturated heterocycles. The molecule has 5 aromatic rings. The van der Waals surface area contributed by atoms with E-state index in [1.54, 1.807) is 42.3 Å². The van der Waals surface area contributed by atoms with E-state index in [1.165, 1.54) is 0 Å². The highest BCUT2D eigenvalue weighted by atomic mass is 35.5. The molecule has 5 rings (SSSR count). The molecule has 9 heteroatoms. The van der Waals surface area contributed by atoms with Gasteiger partial charge in [0.15, 0.2) is 0 Å². The number of nitrogens with one attached hydrogen (secondary N) is 1. The van der Waals surface area contributed by atoms with Gasteiger partial charge in [-0.25, -0.2) is 5.10 Å². The van der Waals surface area contributed by atoms with E-state index in [0.717, 1.165) is 16.5 Å². The molecule has 2 aromatic carbocycles. The molecule has 0 bridgehead atoms. The van der Waals surface area contributed by atoms with Crippen molar-refractivity contribution in [2.45, 2.75) is 6.54 Å². The molecule has 0 unspecified atom stereocenters. The van der Waals surface area contributed by atoms with Gasteiger partial charge in [0.1, 0.15) is 0 Å². The van der Waals surface area contributed by atoms with Crippen LogP contribution in [0.1, 0.15) is 11.3 Å². The van der Waals surface area contributed by atoms with Crippen molar-refractivity contribution in [3.63, 3.8) is 0 Å². The highest BCUT2D eigenvalue weighted by Crippen LogP contribution is 2.41. The zero-order chi connectivity index (χ0) is 22.4. The van der Waals surface area contributed by atoms with Crippen molar-refractivity contribution in [3.05, 3.63) is 75.4 Å². The lowest BCUT2D eigenvalue weighted by Gasteiger charge is -2.13. The van der Waals surface area contributed by atoms with Crippen LogP contribution in [0.3, 0.4) is 0 Å². The molecule has 8 nitrogen and oxygen atoms in total. The Balaban J connectivity index is 1.82. The standard InChI is InChI=1S/C23H16ClN7O/c1-31-22(19-14(9-25)7-13-3-2-6-27-21(13)20(19)24)17(11-28-31)12-4-5-15-16(8-12)18(10-26)29-30-23(15)32/h2-8,11H,10,26H2,1H3,(H,30,32). The molecule has 0 fully saturated rings. The maximum Gasteiger partial charge on any atom is 0.272 e. The zero-order valence-electron chi connectivity index (χ0n) is 16.9. The summed E-state index contributed by atoms with van der Waals surface area (Å²) in [6.07, 6.45) is 3.37. The van der Waals surface area contributed by atoms with E-state index >= 15 is 0 Å². The van der Waals surface area contributed by atoms with E-state index in [0.29, 0.717) is 43.8 Å². The number of halogens is 1. The summed E-state index contributed by atoms with van der Waals surface area (Å²) in [5, 5.41) is 23.2. The molecular weight excluding hydrogens is 426 g/mol. The van der Waals surface area contributed by atoms with Gasteiger partial charge in [-0.15, -0.1) is 0 Å². The third-order valence-corrected chi connectivity index (χ3v) is 5.87. The Morgan fingerprint density at radius 2 is 2.09 bits per heavy atom. The van der Waals surface area contributed by atoms with Gasteiger partial charge in [0, 0.05) is 41.7 Å². The van der Waals surface area contributed by atoms with Crippen molar-refractivity contribution in [2.75, 3.05) is 0 Å². The number of H-pyrrole nitrogens is 1. The SMILES string of the molecule is Cn1ncc(-c2ccc3c(=O)[nH]nc(CN)c3c2)c1-c1c(C#N)cc2cccnc2c1Cl. The number of aromatic amines is 1. The number of nitrogens with zero attached hydrogens (tertiary/aromatic N) is 5. The fraction of sp³-hybridized carbons (Fsp3) is 0.0870. The molecule has 3 N–H and O–H groups in total. The van der Waals surface area contributed by atoms with Crippen LogP contribution in [0.25, 0.3) is 44.1 Å². The molecule has 0 radical (unpaired) electrons. The van der Waals surface area contributed by atoms with E-state index in [2.05, 4.69) is 26.3 Å². The van der Waals surface area contributed by atoms with Crippen LogP contribution >= 0.6 is 11.6 Å². The maximum atomic E-state index is 12.2. The van der Waals surface area contributed by atoms with Crippen LogP contribution < -0.4 is 11.3 Å². The number of hydrogen-bond donors (Lipinski definition) is 2. The second kappa shape index (κ2) is 7.57. The van der Waals surface area contributed by atoms with E-state index in [4.69, 9.17) is 17.3 Å². The number of nitriles is 1. The molecule has 0 saturated carbocycles. The summed E-state index contributed by atoms with van der Waals surface area (Å²) in [5.41, 5.74) is 9.93. The van der Waals surface area contributed by atoms with Gasteiger partial charge in [-0.05, 0) is 29.8 Å². The molecule has 3 heterocycles. The molecule has 0 aliphatic heterocycles. The Morgan fingerprint density at radius 1 is 1.25 bits per heavy atom. The van der Waals surface area contributed by atoms with Gasteiger partial charge >= 0.3 is 0 Å². The van der Waals surface area contributed by atoms with Crippen LogP contribution in [-0.2, 0) is 13.6 Å². The summed E-state index contributed by atoms with van der Waals surface area (Å²) in [7, 11) is 1.79. The largest absolute Gasteiger partial charge is 0.325 e. The van der Waals surface area contributed by atoms with Gasteiger partial charge in [0.05, 0.1) is 45.1 Å². The number of benzene rings is 2. The van der Waals surface area contributed by atoms with Crippen molar-refractivity contribution < 1.29 is 0 Å². The molecule has 0 spiro atoms. The van der Waals surface area contributed by atoms with Gasteiger partial charge in [-0.1, -0.05) is 23.7 Å². The van der Waals surface area contributed by atoms with Crippen molar-refractivity contribution in [2.24, 2.45) is 12.8 Å². The topological polar surface area (TPSA) is 126 Å². The quantitative estimate of drug-likeness (QED) is 0.441. The Kier molecular flexibility index (Phi) is 4.70. The summed E-state index contributed by atoms with van der Waals surface area (Å²) in [4.78, 5) is 16.6. The fourth-order valence-corrected chi connectivity index (χ4v) is 4.34. The Morgan fingerprint density at radius 3 is 2.88 bits per heavy atom. The monoisotopic (exact) mass is 441 g/mol. The Bertz CT molecular complexity index is 1630. The van der Waals surface area contributed by atoms with Gasteiger partial charge in [-0.3, -0.25) is 14.5 Å².